The molecule has 2 saturated heterocycles. The van der Waals surface area contributed by atoms with Gasteiger partial charge in [0.2, 0.25) is 0 Å². The molecule has 35 heavy (non-hydrogen) atoms. The van der Waals surface area contributed by atoms with Gasteiger partial charge in [-0.2, -0.15) is 0 Å². The first-order valence-corrected chi connectivity index (χ1v) is 12.9. The monoisotopic (exact) mass is 506 g/mol. The molecule has 2 aromatic heterocycles. The van der Waals surface area contributed by atoms with E-state index >= 15 is 0 Å². The Hall–Kier alpha value is -3.01. The van der Waals surface area contributed by atoms with Gasteiger partial charge in [0.05, 0.1) is 22.6 Å². The molecule has 5 rings (SSSR count). The molecule has 9 heteroatoms. The van der Waals surface area contributed by atoms with Crippen molar-refractivity contribution in [2.75, 3.05) is 18.5 Å². The zero-order valence-corrected chi connectivity index (χ0v) is 21.2. The quantitative estimate of drug-likeness (QED) is 0.388. The Labute approximate surface area is 213 Å². The van der Waals surface area contributed by atoms with Crippen molar-refractivity contribution in [2.45, 2.75) is 38.8 Å². The fourth-order valence-corrected chi connectivity index (χ4v) is 5.77. The van der Waals surface area contributed by atoms with Crippen molar-refractivity contribution in [3.05, 3.63) is 80.6 Å². The Bertz CT molecular complexity index is 1380. The summed E-state index contributed by atoms with van der Waals surface area (Å²) in [5, 5.41) is 3.30. The standard InChI is InChI=1S/C26H26N4O3S2/c1-16-10-11-22-28-23(27-14-19-9-6-12-33-19)20(24(31)29(22)15-16)13-21-25(32)30(26(34)35-21)17(2)18-7-4-3-5-8-18/h3-5,7-8,10-11,13,15,17,19,27H,6,9,12,14H2,1-2H3/b21-13+. The number of ether oxygens (including phenoxy) is 1. The van der Waals surface area contributed by atoms with E-state index in [1.165, 1.54) is 16.2 Å². The molecule has 2 atom stereocenters. The molecule has 2 unspecified atom stereocenters. The number of amides is 1. The fourth-order valence-electron chi connectivity index (χ4n) is 4.36. The van der Waals surface area contributed by atoms with Gasteiger partial charge in [0.1, 0.15) is 15.8 Å². The lowest BCUT2D eigenvalue weighted by Crippen LogP contribution is -2.31. The summed E-state index contributed by atoms with van der Waals surface area (Å²) < 4.78 is 7.71. The van der Waals surface area contributed by atoms with Crippen LogP contribution < -0.4 is 10.9 Å². The van der Waals surface area contributed by atoms with E-state index in [-0.39, 0.29) is 23.6 Å². The van der Waals surface area contributed by atoms with Crippen LogP contribution in [0.5, 0.6) is 0 Å². The predicted molar refractivity (Wildman–Crippen MR) is 144 cm³/mol. The van der Waals surface area contributed by atoms with Gasteiger partial charge < -0.3 is 10.1 Å². The van der Waals surface area contributed by atoms with E-state index in [4.69, 9.17) is 21.9 Å². The zero-order valence-electron chi connectivity index (χ0n) is 19.6. The molecule has 0 radical (unpaired) electrons. The first-order valence-electron chi connectivity index (χ1n) is 11.6. The van der Waals surface area contributed by atoms with Crippen molar-refractivity contribution in [1.29, 1.82) is 0 Å². The second-order valence-corrected chi connectivity index (χ2v) is 10.4. The number of anilines is 1. The lowest BCUT2D eigenvalue weighted by Gasteiger charge is -2.23. The van der Waals surface area contributed by atoms with Gasteiger partial charge in [-0.3, -0.25) is 18.9 Å². The first-order chi connectivity index (χ1) is 16.9. The highest BCUT2D eigenvalue weighted by Crippen LogP contribution is 2.38. The number of pyridine rings is 1. The second kappa shape index (κ2) is 9.93. The Morgan fingerprint density at radius 2 is 2.06 bits per heavy atom. The fraction of sp³-hybridized carbons (Fsp3) is 0.308. The lowest BCUT2D eigenvalue weighted by atomic mass is 10.1. The molecular formula is C26H26N4O3S2. The highest BCUT2D eigenvalue weighted by molar-refractivity contribution is 8.26. The number of fused-ring (bicyclic) bond motifs is 1. The summed E-state index contributed by atoms with van der Waals surface area (Å²) in [5.74, 6) is 0.228. The number of carbonyl (C=O) groups is 1. The minimum atomic E-state index is -0.241. The van der Waals surface area contributed by atoms with Gasteiger partial charge in [-0.05, 0) is 50.0 Å². The SMILES string of the molecule is Cc1ccc2nc(NCC3CCCO3)c(/C=C3/SC(=S)N(C(C)c4ccccc4)C3=O)c(=O)n2c1. The van der Waals surface area contributed by atoms with E-state index < -0.39 is 0 Å². The highest BCUT2D eigenvalue weighted by Gasteiger charge is 2.36. The van der Waals surface area contributed by atoms with Crippen LogP contribution in [0.15, 0.2) is 58.4 Å². The number of thioether (sulfide) groups is 1. The molecule has 180 valence electrons. The van der Waals surface area contributed by atoms with Crippen LogP contribution in [0.25, 0.3) is 11.7 Å². The Kier molecular flexibility index (Phi) is 6.73. The maximum Gasteiger partial charge on any atom is 0.267 e. The number of carbonyl (C=O) groups excluding carboxylic acids is 1. The number of aromatic nitrogens is 2. The Morgan fingerprint density at radius 3 is 2.80 bits per heavy atom. The van der Waals surface area contributed by atoms with E-state index in [1.807, 2.05) is 56.3 Å². The van der Waals surface area contributed by atoms with Crippen molar-refractivity contribution in [1.82, 2.24) is 14.3 Å². The molecule has 1 amide bonds. The molecule has 2 aliphatic rings. The molecule has 2 aliphatic heterocycles. The van der Waals surface area contributed by atoms with Crippen molar-refractivity contribution < 1.29 is 9.53 Å². The Morgan fingerprint density at radius 1 is 1.26 bits per heavy atom. The van der Waals surface area contributed by atoms with Gasteiger partial charge in [0.25, 0.3) is 11.5 Å². The van der Waals surface area contributed by atoms with E-state index in [0.29, 0.717) is 32.8 Å². The maximum atomic E-state index is 13.6. The summed E-state index contributed by atoms with van der Waals surface area (Å²) in [4.78, 5) is 33.7. The first kappa shape index (κ1) is 23.7. The number of aryl methyl sites for hydroxylation is 1. The molecule has 0 spiro atoms. The van der Waals surface area contributed by atoms with Crippen LogP contribution in [0.3, 0.4) is 0 Å². The van der Waals surface area contributed by atoms with Crippen molar-refractivity contribution in [2.24, 2.45) is 0 Å². The van der Waals surface area contributed by atoms with Crippen molar-refractivity contribution in [3.63, 3.8) is 0 Å². The van der Waals surface area contributed by atoms with Crippen molar-refractivity contribution in [3.8, 4) is 0 Å². The average Bonchev–Trinajstić information content (AvgIpc) is 3.48. The van der Waals surface area contributed by atoms with Crippen LogP contribution in [-0.4, -0.2) is 43.8 Å². The molecule has 7 nitrogen and oxygen atoms in total. The highest BCUT2D eigenvalue weighted by atomic mass is 32.2. The molecule has 1 N–H and O–H groups in total. The van der Waals surface area contributed by atoms with Crippen LogP contribution in [0, 0.1) is 6.92 Å². The van der Waals surface area contributed by atoms with Gasteiger partial charge in [0.15, 0.2) is 0 Å². The zero-order chi connectivity index (χ0) is 24.5. The molecule has 1 aromatic carbocycles. The molecule has 4 heterocycles. The lowest BCUT2D eigenvalue weighted by molar-refractivity contribution is -0.123. The maximum absolute atomic E-state index is 13.6. The predicted octanol–water partition coefficient (Wildman–Crippen LogP) is 4.56. The largest absolute Gasteiger partial charge is 0.376 e. The minimum absolute atomic E-state index is 0.0750. The van der Waals surface area contributed by atoms with Gasteiger partial charge in [-0.15, -0.1) is 0 Å². The van der Waals surface area contributed by atoms with E-state index in [9.17, 15) is 9.59 Å². The number of hydrogen-bond donors (Lipinski definition) is 1. The third-order valence-electron chi connectivity index (χ3n) is 6.29. The minimum Gasteiger partial charge on any atom is -0.376 e. The summed E-state index contributed by atoms with van der Waals surface area (Å²) in [5.41, 5.74) is 2.56. The smallest absolute Gasteiger partial charge is 0.267 e. The molecule has 0 bridgehead atoms. The molecular weight excluding hydrogens is 480 g/mol. The van der Waals surface area contributed by atoms with Crippen LogP contribution >= 0.6 is 24.0 Å². The normalized spacial score (nSPS) is 20.2. The number of nitrogens with zero attached hydrogens (tertiary/aromatic N) is 3. The van der Waals surface area contributed by atoms with E-state index in [2.05, 4.69) is 5.32 Å². The number of hydrogen-bond acceptors (Lipinski definition) is 7. The number of benzene rings is 1. The van der Waals surface area contributed by atoms with Crippen molar-refractivity contribution >= 4 is 51.7 Å². The van der Waals surface area contributed by atoms with Gasteiger partial charge in [-0.1, -0.05) is 60.4 Å². The summed E-state index contributed by atoms with van der Waals surface area (Å²) in [6, 6.07) is 13.3. The number of rotatable bonds is 6. The topological polar surface area (TPSA) is 75.9 Å². The van der Waals surface area contributed by atoms with Crippen LogP contribution in [0.2, 0.25) is 0 Å². The second-order valence-electron chi connectivity index (χ2n) is 8.77. The number of nitrogens with one attached hydrogen (secondary N) is 1. The summed E-state index contributed by atoms with van der Waals surface area (Å²) in [6.07, 6.45) is 5.44. The third kappa shape index (κ3) is 4.76. The molecule has 0 aliphatic carbocycles. The van der Waals surface area contributed by atoms with Gasteiger partial charge >= 0.3 is 0 Å². The third-order valence-corrected chi connectivity index (χ3v) is 7.63. The molecule has 3 aromatic rings. The van der Waals surface area contributed by atoms with E-state index in [1.54, 1.807) is 17.2 Å². The van der Waals surface area contributed by atoms with Gasteiger partial charge in [-0.25, -0.2) is 4.98 Å². The summed E-state index contributed by atoms with van der Waals surface area (Å²) in [6.45, 7) is 5.16. The van der Waals surface area contributed by atoms with E-state index in [0.717, 1.165) is 30.6 Å². The molecule has 0 saturated carbocycles. The van der Waals surface area contributed by atoms with Crippen LogP contribution in [-0.2, 0) is 9.53 Å². The summed E-state index contributed by atoms with van der Waals surface area (Å²) >= 11 is 6.78. The molecule has 2 fully saturated rings. The average molecular weight is 507 g/mol. The number of thiocarbonyl (C=S) groups is 1. The Balaban J connectivity index is 1.53. The van der Waals surface area contributed by atoms with Crippen LogP contribution in [0.1, 0.15) is 42.5 Å². The summed E-state index contributed by atoms with van der Waals surface area (Å²) in [7, 11) is 0. The van der Waals surface area contributed by atoms with Gasteiger partial charge in [0, 0.05) is 19.3 Å². The van der Waals surface area contributed by atoms with Crippen LogP contribution in [0.4, 0.5) is 5.82 Å².